The van der Waals surface area contributed by atoms with E-state index in [1.165, 1.54) is 16.9 Å². The predicted octanol–water partition coefficient (Wildman–Crippen LogP) is 3.84. The third-order valence-electron chi connectivity index (χ3n) is 6.94. The third-order valence-corrected chi connectivity index (χ3v) is 6.94. The molecule has 5 rings (SSSR count). The summed E-state index contributed by atoms with van der Waals surface area (Å²) in [7, 11) is 1.76. The van der Waals surface area contributed by atoms with Crippen LogP contribution in [-0.4, -0.2) is 48.5 Å². The van der Waals surface area contributed by atoms with Crippen LogP contribution in [0.4, 0.5) is 10.2 Å². The van der Waals surface area contributed by atoms with E-state index >= 15 is 0 Å². The van der Waals surface area contributed by atoms with Crippen molar-refractivity contribution in [3.05, 3.63) is 59.3 Å². The number of carbonyl (C=O) groups excluding carboxylic acids is 1. The summed E-state index contributed by atoms with van der Waals surface area (Å²) in [6.45, 7) is 8.04. The van der Waals surface area contributed by atoms with Gasteiger partial charge in [0, 0.05) is 48.5 Å². The number of rotatable bonds is 6. The smallest absolute Gasteiger partial charge is 0.324 e. The number of pyridine rings is 1. The normalized spacial score (nSPS) is 15.2. The Labute approximate surface area is 231 Å². The lowest BCUT2D eigenvalue weighted by molar-refractivity contribution is -0.145. The van der Waals surface area contributed by atoms with Crippen LogP contribution in [0.15, 0.2) is 36.7 Å². The zero-order valence-corrected chi connectivity index (χ0v) is 23.2. The molecular formula is C28H33FN8O3. The number of nitrogens with two attached hydrogens (primary N) is 1. The third kappa shape index (κ3) is 5.26. The molecule has 0 radical (unpaired) electrons. The molecule has 11 nitrogen and oxygen atoms in total. The Kier molecular flexibility index (Phi) is 7.53. The quantitative estimate of drug-likeness (QED) is 0.272. The molecule has 12 heteroatoms. The van der Waals surface area contributed by atoms with Gasteiger partial charge in [0.2, 0.25) is 0 Å². The van der Waals surface area contributed by atoms with Crippen LogP contribution in [0.1, 0.15) is 50.6 Å². The van der Waals surface area contributed by atoms with Crippen molar-refractivity contribution in [1.82, 2.24) is 29.8 Å². The number of esters is 1. The molecule has 0 saturated heterocycles. The fourth-order valence-corrected chi connectivity index (χ4v) is 4.76. The average molecular weight is 549 g/mol. The Bertz CT molecular complexity index is 1550. The molecule has 40 heavy (non-hydrogen) atoms. The van der Waals surface area contributed by atoms with E-state index in [0.29, 0.717) is 35.8 Å². The van der Waals surface area contributed by atoms with E-state index in [0.717, 1.165) is 28.1 Å². The first-order valence-electron chi connectivity index (χ1n) is 13.2. The van der Waals surface area contributed by atoms with Crippen molar-refractivity contribution in [2.45, 2.75) is 52.8 Å². The highest BCUT2D eigenvalue weighted by molar-refractivity contribution is 5.76. The molecule has 0 fully saturated rings. The summed E-state index contributed by atoms with van der Waals surface area (Å²) in [4.78, 5) is 18.4. The molecule has 1 aromatic carbocycles. The van der Waals surface area contributed by atoms with E-state index in [1.54, 1.807) is 19.3 Å². The molecule has 1 aliphatic rings. The molecule has 3 aromatic heterocycles. The number of hydrogen-bond donors (Lipinski definition) is 2. The van der Waals surface area contributed by atoms with Gasteiger partial charge in [-0.05, 0) is 44.0 Å². The van der Waals surface area contributed by atoms with Gasteiger partial charge in [0.15, 0.2) is 18.3 Å². The second-order valence-electron chi connectivity index (χ2n) is 10.1. The molecule has 4 heterocycles. The second-order valence-corrected chi connectivity index (χ2v) is 10.1. The lowest BCUT2D eigenvalue weighted by Crippen LogP contribution is -2.37. The monoisotopic (exact) mass is 548 g/mol. The van der Waals surface area contributed by atoms with Gasteiger partial charge in [0.05, 0.1) is 17.6 Å². The highest BCUT2D eigenvalue weighted by Crippen LogP contribution is 2.38. The zero-order valence-electron chi connectivity index (χ0n) is 23.2. The molecule has 1 aliphatic heterocycles. The number of benzene rings is 1. The van der Waals surface area contributed by atoms with Crippen LogP contribution in [0, 0.1) is 11.7 Å². The molecule has 3 N–H and O–H groups in total. The van der Waals surface area contributed by atoms with Crippen LogP contribution < -0.4 is 15.8 Å². The van der Waals surface area contributed by atoms with Crippen molar-refractivity contribution in [3.8, 4) is 28.3 Å². The summed E-state index contributed by atoms with van der Waals surface area (Å²) in [5.74, 6) is -0.203. The van der Waals surface area contributed by atoms with E-state index in [1.807, 2.05) is 44.6 Å². The van der Waals surface area contributed by atoms with Crippen LogP contribution in [0.2, 0.25) is 0 Å². The number of anilines is 1. The molecule has 2 atom stereocenters. The van der Waals surface area contributed by atoms with Crippen LogP contribution >= 0.6 is 0 Å². The van der Waals surface area contributed by atoms with Gasteiger partial charge in [-0.25, -0.2) is 9.37 Å². The molecular weight excluding hydrogens is 515 g/mol. The minimum Gasteiger partial charge on any atom is -0.482 e. The molecule has 0 amide bonds. The van der Waals surface area contributed by atoms with Crippen molar-refractivity contribution in [2.24, 2.45) is 18.7 Å². The maximum Gasteiger partial charge on any atom is 0.324 e. The summed E-state index contributed by atoms with van der Waals surface area (Å²) in [5, 5.41) is 16.9. The maximum atomic E-state index is 14.5. The molecule has 0 aliphatic carbocycles. The first-order valence-corrected chi connectivity index (χ1v) is 13.2. The van der Waals surface area contributed by atoms with E-state index < -0.39 is 23.9 Å². The van der Waals surface area contributed by atoms with Crippen LogP contribution in [0.25, 0.3) is 22.5 Å². The Morgan fingerprint density at radius 2 is 2.08 bits per heavy atom. The van der Waals surface area contributed by atoms with Gasteiger partial charge in [0.1, 0.15) is 23.7 Å². The molecule has 4 aromatic rings. The van der Waals surface area contributed by atoms with Gasteiger partial charge >= 0.3 is 5.97 Å². The Morgan fingerprint density at radius 3 is 2.83 bits per heavy atom. The number of aromatic nitrogens is 6. The molecule has 210 valence electrons. The lowest BCUT2D eigenvalue weighted by atomic mass is 9.96. The molecule has 0 spiro atoms. The minimum atomic E-state index is -0.733. The highest BCUT2D eigenvalue weighted by atomic mass is 19.1. The number of halogens is 1. The first-order chi connectivity index (χ1) is 19.2. The molecule has 0 unspecified atom stereocenters. The Hall–Kier alpha value is -4.32. The Morgan fingerprint density at radius 1 is 1.27 bits per heavy atom. The number of nitrogens with zero attached hydrogens (tertiary/aromatic N) is 6. The van der Waals surface area contributed by atoms with E-state index in [9.17, 15) is 9.18 Å². The van der Waals surface area contributed by atoms with Crippen LogP contribution in [0.5, 0.6) is 5.75 Å². The Balaban J connectivity index is 1.60. The summed E-state index contributed by atoms with van der Waals surface area (Å²) in [6, 6.07) is 5.68. The number of fused-ring (bicyclic) bond motifs is 7. The number of nitrogens with one attached hydrogen (secondary N) is 1. The van der Waals surface area contributed by atoms with E-state index in [4.69, 9.17) is 15.2 Å². The first kappa shape index (κ1) is 27.3. The van der Waals surface area contributed by atoms with E-state index in [2.05, 4.69) is 25.6 Å². The SMILES string of the molecule is CCn1ncc2c1-c1cnc(NCOC(=O)[C@@H](N)C(C)C)c(c1)O[C@H](C)c1cc(F)ccc1-c1nn(C)nc1C2. The van der Waals surface area contributed by atoms with Crippen molar-refractivity contribution in [1.29, 1.82) is 0 Å². The van der Waals surface area contributed by atoms with Crippen LogP contribution in [-0.2, 0) is 29.5 Å². The topological polar surface area (TPSA) is 135 Å². The number of aryl methyl sites for hydroxylation is 2. The lowest BCUT2D eigenvalue weighted by Gasteiger charge is -2.22. The van der Waals surface area contributed by atoms with Gasteiger partial charge in [-0.2, -0.15) is 20.1 Å². The minimum absolute atomic E-state index is 0.0592. The van der Waals surface area contributed by atoms with Gasteiger partial charge in [-0.1, -0.05) is 13.8 Å². The zero-order chi connectivity index (χ0) is 28.6. The van der Waals surface area contributed by atoms with Crippen molar-refractivity contribution < 1.29 is 18.7 Å². The molecule has 2 bridgehead atoms. The van der Waals surface area contributed by atoms with Crippen molar-refractivity contribution >= 4 is 11.8 Å². The number of carbonyl (C=O) groups is 1. The second kappa shape index (κ2) is 11.0. The number of hydrogen-bond acceptors (Lipinski definition) is 9. The highest BCUT2D eigenvalue weighted by Gasteiger charge is 2.26. The predicted molar refractivity (Wildman–Crippen MR) is 147 cm³/mol. The fraction of sp³-hybridized carbons (Fsp3) is 0.393. The summed E-state index contributed by atoms with van der Waals surface area (Å²) >= 11 is 0. The summed E-state index contributed by atoms with van der Waals surface area (Å²) < 4.78 is 28.2. The standard InChI is InChI=1S/C28H33FN8O3/c1-6-37-26-17(13-33-37)9-22-25(35-36(5)34-22)20-8-7-19(29)11-21(20)16(4)40-23-10-18(26)12-31-27(23)32-14-39-28(38)24(30)15(2)3/h7-8,10-13,15-16,24H,6,9,14,30H2,1-5H3,(H,31,32)/t16-,24+/m1/s1. The molecule has 0 saturated carbocycles. The summed E-state index contributed by atoms with van der Waals surface area (Å²) in [6.07, 6.45) is 3.41. The van der Waals surface area contributed by atoms with Gasteiger partial charge in [0.25, 0.3) is 0 Å². The largest absolute Gasteiger partial charge is 0.482 e. The van der Waals surface area contributed by atoms with Gasteiger partial charge < -0.3 is 20.5 Å². The number of ether oxygens (including phenoxy) is 2. The van der Waals surface area contributed by atoms with Gasteiger partial charge in [-0.3, -0.25) is 9.48 Å². The van der Waals surface area contributed by atoms with Crippen molar-refractivity contribution in [2.75, 3.05) is 12.0 Å². The maximum absolute atomic E-state index is 14.5. The van der Waals surface area contributed by atoms with Crippen LogP contribution in [0.3, 0.4) is 0 Å². The van der Waals surface area contributed by atoms with Gasteiger partial charge in [-0.15, -0.1) is 0 Å². The average Bonchev–Trinajstić information content (AvgIpc) is 3.50. The van der Waals surface area contributed by atoms with E-state index in [-0.39, 0.29) is 12.6 Å². The summed E-state index contributed by atoms with van der Waals surface area (Å²) in [5.41, 5.74) is 11.2. The fourth-order valence-electron chi connectivity index (χ4n) is 4.76. The van der Waals surface area contributed by atoms with Crippen molar-refractivity contribution in [3.63, 3.8) is 0 Å².